The number of amides is 1. The van der Waals surface area contributed by atoms with E-state index < -0.39 is 24.2 Å². The lowest BCUT2D eigenvalue weighted by Gasteiger charge is -2.17. The summed E-state index contributed by atoms with van der Waals surface area (Å²) in [5.74, 6) is -1.32. The molecule has 1 amide bonds. The van der Waals surface area contributed by atoms with Crippen LogP contribution in [0.5, 0.6) is 5.75 Å². The number of epoxide rings is 1. The fourth-order valence-electron chi connectivity index (χ4n) is 2.10. The molecular weight excluding hydrogens is 286 g/mol. The highest BCUT2D eigenvalue weighted by atomic mass is 35.5. The fraction of sp³-hybridized carbons (Fsp3) is 0.231. The molecule has 104 valence electrons. The van der Waals surface area contributed by atoms with Gasteiger partial charge in [0.05, 0.1) is 16.3 Å². The standard InChI is InChI=1S/C13H10ClNO5/c14-6-3-1-2-5(9(6)17)13(19)15-7-4-8(16)11-12(20-11)10(7)18/h1-4,10-12,17-18H,(H,15,19). The zero-order valence-electron chi connectivity index (χ0n) is 10.0. The molecule has 0 spiro atoms. The third-order valence-corrected chi connectivity index (χ3v) is 3.53. The molecule has 6 nitrogen and oxygen atoms in total. The van der Waals surface area contributed by atoms with E-state index in [1.54, 1.807) is 0 Å². The number of rotatable bonds is 2. The van der Waals surface area contributed by atoms with E-state index >= 15 is 0 Å². The molecule has 0 radical (unpaired) electrons. The number of ether oxygens (including phenoxy) is 1. The van der Waals surface area contributed by atoms with Gasteiger partial charge in [-0.1, -0.05) is 17.7 Å². The van der Waals surface area contributed by atoms with Gasteiger partial charge in [-0.3, -0.25) is 9.59 Å². The molecule has 1 aliphatic heterocycles. The number of aliphatic hydroxyl groups excluding tert-OH is 1. The van der Waals surface area contributed by atoms with Gasteiger partial charge in [-0.15, -0.1) is 0 Å². The van der Waals surface area contributed by atoms with E-state index in [4.69, 9.17) is 16.3 Å². The van der Waals surface area contributed by atoms with Crippen molar-refractivity contribution in [3.05, 3.63) is 40.6 Å². The van der Waals surface area contributed by atoms with Crippen LogP contribution in [0.4, 0.5) is 0 Å². The number of phenols is 1. The van der Waals surface area contributed by atoms with Crippen LogP contribution < -0.4 is 5.32 Å². The number of fused-ring (bicyclic) bond motifs is 1. The Kier molecular flexibility index (Phi) is 3.01. The number of hydrogen-bond donors (Lipinski definition) is 3. The summed E-state index contributed by atoms with van der Waals surface area (Å²) in [6.45, 7) is 0. The van der Waals surface area contributed by atoms with Gasteiger partial charge < -0.3 is 20.3 Å². The first-order valence-corrected chi connectivity index (χ1v) is 6.24. The van der Waals surface area contributed by atoms with Gasteiger partial charge in [0.25, 0.3) is 5.91 Å². The number of ketones is 1. The molecular formula is C13H10ClNO5. The summed E-state index contributed by atoms with van der Waals surface area (Å²) in [4.78, 5) is 23.5. The molecule has 2 aliphatic rings. The topological polar surface area (TPSA) is 99.2 Å². The molecule has 3 unspecified atom stereocenters. The van der Waals surface area contributed by atoms with Crippen LogP contribution in [0.3, 0.4) is 0 Å². The van der Waals surface area contributed by atoms with Crippen molar-refractivity contribution in [2.45, 2.75) is 18.3 Å². The molecule has 1 aliphatic carbocycles. The lowest BCUT2D eigenvalue weighted by molar-refractivity contribution is -0.116. The van der Waals surface area contributed by atoms with Crippen LogP contribution in [0.2, 0.25) is 5.02 Å². The zero-order valence-corrected chi connectivity index (χ0v) is 10.8. The molecule has 20 heavy (non-hydrogen) atoms. The van der Waals surface area contributed by atoms with E-state index in [2.05, 4.69) is 5.32 Å². The van der Waals surface area contributed by atoms with E-state index in [1.165, 1.54) is 18.2 Å². The van der Waals surface area contributed by atoms with E-state index in [9.17, 15) is 19.8 Å². The van der Waals surface area contributed by atoms with Gasteiger partial charge in [0.1, 0.15) is 24.1 Å². The summed E-state index contributed by atoms with van der Waals surface area (Å²) >= 11 is 5.71. The number of carbonyl (C=O) groups excluding carboxylic acids is 2. The number of aromatic hydroxyl groups is 1. The molecule has 0 aromatic heterocycles. The van der Waals surface area contributed by atoms with Crippen LogP contribution in [0.25, 0.3) is 0 Å². The van der Waals surface area contributed by atoms with Crippen molar-refractivity contribution >= 4 is 23.3 Å². The summed E-state index contributed by atoms with van der Waals surface area (Å²) < 4.78 is 4.99. The van der Waals surface area contributed by atoms with E-state index in [0.29, 0.717) is 0 Å². The van der Waals surface area contributed by atoms with E-state index in [0.717, 1.165) is 6.08 Å². The number of aliphatic hydroxyl groups is 1. The first-order chi connectivity index (χ1) is 9.49. The lowest BCUT2D eigenvalue weighted by atomic mass is 10.0. The van der Waals surface area contributed by atoms with Crippen molar-refractivity contribution < 1.29 is 24.5 Å². The normalized spacial score (nSPS) is 27.6. The SMILES string of the molecule is O=C(NC1=CC(=O)C2OC2C1O)c1cccc(Cl)c1O. The van der Waals surface area contributed by atoms with Crippen molar-refractivity contribution in [3.8, 4) is 5.75 Å². The molecule has 0 bridgehead atoms. The smallest absolute Gasteiger partial charge is 0.259 e. The largest absolute Gasteiger partial charge is 0.506 e. The van der Waals surface area contributed by atoms with Crippen LogP contribution in [-0.2, 0) is 9.53 Å². The molecule has 7 heteroatoms. The Morgan fingerprint density at radius 3 is 2.90 bits per heavy atom. The summed E-state index contributed by atoms with van der Waals surface area (Å²) in [7, 11) is 0. The lowest BCUT2D eigenvalue weighted by Crippen LogP contribution is -2.37. The molecule has 3 rings (SSSR count). The van der Waals surface area contributed by atoms with Crippen LogP contribution in [0.1, 0.15) is 10.4 Å². The van der Waals surface area contributed by atoms with Crippen molar-refractivity contribution in [2.75, 3.05) is 0 Å². The van der Waals surface area contributed by atoms with Crippen molar-refractivity contribution in [3.63, 3.8) is 0 Å². The van der Waals surface area contributed by atoms with Crippen molar-refractivity contribution in [1.82, 2.24) is 5.32 Å². The fourth-order valence-corrected chi connectivity index (χ4v) is 2.27. The third-order valence-electron chi connectivity index (χ3n) is 3.22. The van der Waals surface area contributed by atoms with E-state index in [1.807, 2.05) is 0 Å². The summed E-state index contributed by atoms with van der Waals surface area (Å²) in [6.07, 6.45) is -1.14. The molecule has 1 aromatic rings. The van der Waals surface area contributed by atoms with Gasteiger partial charge in [0, 0.05) is 6.08 Å². The third kappa shape index (κ3) is 2.07. The molecule has 3 N–H and O–H groups in total. The van der Waals surface area contributed by atoms with Crippen LogP contribution >= 0.6 is 11.6 Å². The Labute approximate surface area is 118 Å². The Hall–Kier alpha value is -1.89. The first kappa shape index (κ1) is 13.1. The monoisotopic (exact) mass is 295 g/mol. The molecule has 1 saturated heterocycles. The number of benzene rings is 1. The number of hydrogen-bond acceptors (Lipinski definition) is 5. The Morgan fingerprint density at radius 2 is 2.15 bits per heavy atom. The maximum atomic E-state index is 12.0. The van der Waals surface area contributed by atoms with Gasteiger partial charge in [-0.25, -0.2) is 0 Å². The maximum Gasteiger partial charge on any atom is 0.259 e. The van der Waals surface area contributed by atoms with Crippen LogP contribution in [0.15, 0.2) is 30.0 Å². The second-order valence-corrected chi connectivity index (χ2v) is 4.97. The Morgan fingerprint density at radius 1 is 1.40 bits per heavy atom. The van der Waals surface area contributed by atoms with Gasteiger partial charge >= 0.3 is 0 Å². The Bertz CT molecular complexity index is 642. The number of phenolic OH excluding ortho intramolecular Hbond substituents is 1. The highest BCUT2D eigenvalue weighted by Gasteiger charge is 2.53. The highest BCUT2D eigenvalue weighted by Crippen LogP contribution is 2.34. The zero-order chi connectivity index (χ0) is 14.4. The number of halogens is 1. The molecule has 1 aromatic carbocycles. The Balaban J connectivity index is 1.82. The summed E-state index contributed by atoms with van der Waals surface area (Å²) in [6, 6.07) is 4.33. The minimum atomic E-state index is -1.07. The number of nitrogens with one attached hydrogen (secondary N) is 1. The average molecular weight is 296 g/mol. The van der Waals surface area contributed by atoms with Gasteiger partial charge in [0.15, 0.2) is 5.78 Å². The molecule has 3 atom stereocenters. The van der Waals surface area contributed by atoms with Crippen molar-refractivity contribution in [2.24, 2.45) is 0 Å². The molecule has 1 heterocycles. The first-order valence-electron chi connectivity index (χ1n) is 5.87. The second kappa shape index (κ2) is 4.59. The summed E-state index contributed by atoms with van der Waals surface area (Å²) in [5.41, 5.74) is 0.00927. The minimum absolute atomic E-state index is 0.0393. The summed E-state index contributed by atoms with van der Waals surface area (Å²) in [5, 5.41) is 22.0. The number of carbonyl (C=O) groups is 2. The second-order valence-electron chi connectivity index (χ2n) is 4.56. The van der Waals surface area contributed by atoms with Crippen molar-refractivity contribution in [1.29, 1.82) is 0 Å². The predicted octanol–water partition coefficient (Wildman–Crippen LogP) is 0.370. The van der Waals surface area contributed by atoms with Crippen LogP contribution in [-0.4, -0.2) is 40.2 Å². The average Bonchev–Trinajstić information content (AvgIpc) is 3.19. The molecule has 1 fully saturated rings. The van der Waals surface area contributed by atoms with E-state index in [-0.39, 0.29) is 27.8 Å². The predicted molar refractivity (Wildman–Crippen MR) is 68.3 cm³/mol. The maximum absolute atomic E-state index is 12.0. The van der Waals surface area contributed by atoms with Gasteiger partial charge in [-0.2, -0.15) is 0 Å². The van der Waals surface area contributed by atoms with Gasteiger partial charge in [-0.05, 0) is 12.1 Å². The minimum Gasteiger partial charge on any atom is -0.506 e. The number of para-hydroxylation sites is 1. The van der Waals surface area contributed by atoms with Crippen LogP contribution in [0, 0.1) is 0 Å². The molecule has 0 saturated carbocycles. The highest BCUT2D eigenvalue weighted by molar-refractivity contribution is 6.32. The quantitative estimate of drug-likeness (QED) is 0.685. The van der Waals surface area contributed by atoms with Gasteiger partial charge in [0.2, 0.25) is 0 Å².